The fraction of sp³-hybridized carbons (Fsp3) is 0.111. The molecule has 0 fully saturated rings. The Labute approximate surface area is 202 Å². The SMILES string of the molecule is O=C(O)N(Cc1ccncc1)c1ccc(Cc2ccc(N(Cc3ccncc3)C(=O)O)cc2)cc1. The standard InChI is InChI=1S/C27H24N4O4/c32-26(33)30(18-22-9-13-28-14-10-22)24-5-1-20(2-6-24)17-21-3-7-25(8-4-21)31(27(34)35)19-23-11-15-29-16-12-23/h1-16H,17-19H2,(H,32,33)(H,34,35). The van der Waals surface area contributed by atoms with Gasteiger partial charge >= 0.3 is 12.2 Å². The Bertz CT molecular complexity index is 1160. The van der Waals surface area contributed by atoms with Crippen molar-refractivity contribution in [2.45, 2.75) is 19.5 Å². The van der Waals surface area contributed by atoms with Crippen LogP contribution in [0.1, 0.15) is 22.3 Å². The molecule has 35 heavy (non-hydrogen) atoms. The van der Waals surface area contributed by atoms with Crippen LogP contribution < -0.4 is 9.80 Å². The first kappa shape index (κ1) is 23.4. The fourth-order valence-electron chi connectivity index (χ4n) is 3.70. The lowest BCUT2D eigenvalue weighted by molar-refractivity contribution is 0.200. The summed E-state index contributed by atoms with van der Waals surface area (Å²) >= 11 is 0. The first-order valence-electron chi connectivity index (χ1n) is 11.0. The van der Waals surface area contributed by atoms with Crippen molar-refractivity contribution in [3.63, 3.8) is 0 Å². The van der Waals surface area contributed by atoms with E-state index in [1.54, 1.807) is 73.3 Å². The van der Waals surface area contributed by atoms with Crippen molar-refractivity contribution in [2.24, 2.45) is 0 Å². The molecule has 4 aromatic rings. The minimum absolute atomic E-state index is 0.234. The smallest absolute Gasteiger partial charge is 0.412 e. The van der Waals surface area contributed by atoms with Crippen molar-refractivity contribution in [3.8, 4) is 0 Å². The molecular formula is C27H24N4O4. The van der Waals surface area contributed by atoms with Crippen molar-refractivity contribution < 1.29 is 19.8 Å². The molecule has 8 nitrogen and oxygen atoms in total. The molecule has 176 valence electrons. The van der Waals surface area contributed by atoms with Crippen molar-refractivity contribution in [1.29, 1.82) is 0 Å². The highest BCUT2D eigenvalue weighted by molar-refractivity contribution is 5.86. The lowest BCUT2D eigenvalue weighted by Gasteiger charge is -2.20. The molecule has 2 aromatic heterocycles. The van der Waals surface area contributed by atoms with Crippen molar-refractivity contribution in [1.82, 2.24) is 9.97 Å². The molecule has 0 saturated carbocycles. The van der Waals surface area contributed by atoms with E-state index >= 15 is 0 Å². The summed E-state index contributed by atoms with van der Waals surface area (Å²) in [5.41, 5.74) is 4.91. The number of nitrogens with zero attached hydrogens (tertiary/aromatic N) is 4. The maximum Gasteiger partial charge on any atom is 0.412 e. The third-order valence-electron chi connectivity index (χ3n) is 5.55. The van der Waals surface area contributed by atoms with Crippen LogP contribution in [0.4, 0.5) is 21.0 Å². The number of benzene rings is 2. The first-order valence-corrected chi connectivity index (χ1v) is 11.0. The summed E-state index contributed by atoms with van der Waals surface area (Å²) in [6.07, 6.45) is 5.13. The van der Waals surface area contributed by atoms with Gasteiger partial charge in [0.2, 0.25) is 0 Å². The molecule has 0 spiro atoms. The van der Waals surface area contributed by atoms with E-state index in [-0.39, 0.29) is 13.1 Å². The molecule has 0 aliphatic rings. The molecule has 2 N–H and O–H groups in total. The van der Waals surface area contributed by atoms with Crippen LogP contribution in [0.25, 0.3) is 0 Å². The summed E-state index contributed by atoms with van der Waals surface area (Å²) in [6, 6.07) is 21.9. The molecule has 4 rings (SSSR count). The molecule has 8 heteroatoms. The number of rotatable bonds is 8. The molecule has 2 heterocycles. The van der Waals surface area contributed by atoms with Crippen LogP contribution in [-0.4, -0.2) is 32.4 Å². The molecule has 0 radical (unpaired) electrons. The highest BCUT2D eigenvalue weighted by Gasteiger charge is 2.16. The van der Waals surface area contributed by atoms with Gasteiger partial charge in [-0.2, -0.15) is 0 Å². The van der Waals surface area contributed by atoms with Gasteiger partial charge in [-0.1, -0.05) is 24.3 Å². The van der Waals surface area contributed by atoms with Gasteiger partial charge in [-0.3, -0.25) is 19.8 Å². The number of amides is 2. The third kappa shape index (κ3) is 6.20. The normalized spacial score (nSPS) is 10.5. The number of hydrogen-bond acceptors (Lipinski definition) is 4. The van der Waals surface area contributed by atoms with Crippen LogP contribution >= 0.6 is 0 Å². The maximum atomic E-state index is 11.8. The number of pyridine rings is 2. The number of carbonyl (C=O) groups is 2. The minimum Gasteiger partial charge on any atom is -0.465 e. The quantitative estimate of drug-likeness (QED) is 0.357. The number of hydrogen-bond donors (Lipinski definition) is 2. The summed E-state index contributed by atoms with van der Waals surface area (Å²) in [6.45, 7) is 0.469. The molecule has 0 unspecified atom stereocenters. The molecule has 0 bridgehead atoms. The maximum absolute atomic E-state index is 11.8. The zero-order chi connectivity index (χ0) is 24.6. The van der Waals surface area contributed by atoms with Crippen LogP contribution in [0, 0.1) is 0 Å². The number of carboxylic acid groups (broad SMARTS) is 2. The Hall–Kier alpha value is -4.72. The summed E-state index contributed by atoms with van der Waals surface area (Å²) in [5, 5.41) is 19.3. The molecular weight excluding hydrogens is 444 g/mol. The zero-order valence-corrected chi connectivity index (χ0v) is 18.9. The summed E-state index contributed by atoms with van der Waals surface area (Å²) in [7, 11) is 0. The molecule has 2 amide bonds. The van der Waals surface area contributed by atoms with E-state index in [0.717, 1.165) is 22.3 Å². The van der Waals surface area contributed by atoms with Gasteiger partial charge in [0, 0.05) is 36.2 Å². The number of anilines is 2. The predicted molar refractivity (Wildman–Crippen MR) is 133 cm³/mol. The highest BCUT2D eigenvalue weighted by atomic mass is 16.4. The second kappa shape index (κ2) is 10.9. The van der Waals surface area contributed by atoms with Crippen LogP contribution in [0.15, 0.2) is 97.6 Å². The van der Waals surface area contributed by atoms with Crippen molar-refractivity contribution in [2.75, 3.05) is 9.80 Å². The number of aromatic nitrogens is 2. The van der Waals surface area contributed by atoms with E-state index in [1.165, 1.54) is 9.80 Å². The summed E-state index contributed by atoms with van der Waals surface area (Å²) in [5.74, 6) is 0. The van der Waals surface area contributed by atoms with Gasteiger partial charge in [-0.15, -0.1) is 0 Å². The van der Waals surface area contributed by atoms with Crippen LogP contribution in [0.5, 0.6) is 0 Å². The van der Waals surface area contributed by atoms with Crippen LogP contribution in [-0.2, 0) is 19.5 Å². The zero-order valence-electron chi connectivity index (χ0n) is 18.9. The van der Waals surface area contributed by atoms with Crippen LogP contribution in [0.3, 0.4) is 0 Å². The van der Waals surface area contributed by atoms with Crippen LogP contribution in [0.2, 0.25) is 0 Å². The average molecular weight is 469 g/mol. The van der Waals surface area contributed by atoms with Gasteiger partial charge in [-0.25, -0.2) is 9.59 Å². The topological polar surface area (TPSA) is 107 Å². The fourth-order valence-corrected chi connectivity index (χ4v) is 3.70. The van der Waals surface area contributed by atoms with Gasteiger partial charge in [-0.05, 0) is 77.2 Å². The molecule has 0 aliphatic carbocycles. The summed E-state index contributed by atoms with van der Waals surface area (Å²) < 4.78 is 0. The second-order valence-electron chi connectivity index (χ2n) is 7.96. The van der Waals surface area contributed by atoms with E-state index in [2.05, 4.69) is 9.97 Å². The average Bonchev–Trinajstić information content (AvgIpc) is 2.88. The Kier molecular flexibility index (Phi) is 7.32. The molecule has 0 atom stereocenters. The van der Waals surface area contributed by atoms with E-state index in [0.29, 0.717) is 17.8 Å². The molecule has 0 saturated heterocycles. The van der Waals surface area contributed by atoms with Gasteiger partial charge < -0.3 is 10.2 Å². The van der Waals surface area contributed by atoms with E-state index in [1.807, 2.05) is 24.3 Å². The lowest BCUT2D eigenvalue weighted by atomic mass is 10.0. The molecule has 2 aromatic carbocycles. The van der Waals surface area contributed by atoms with Gasteiger partial charge in [0.1, 0.15) is 0 Å². The van der Waals surface area contributed by atoms with Crippen molar-refractivity contribution in [3.05, 3.63) is 120 Å². The minimum atomic E-state index is -1.03. The highest BCUT2D eigenvalue weighted by Crippen LogP contribution is 2.22. The Morgan fingerprint density at radius 1 is 0.543 bits per heavy atom. The third-order valence-corrected chi connectivity index (χ3v) is 5.55. The van der Waals surface area contributed by atoms with E-state index < -0.39 is 12.2 Å². The van der Waals surface area contributed by atoms with Crippen molar-refractivity contribution >= 4 is 23.6 Å². The van der Waals surface area contributed by atoms with E-state index in [9.17, 15) is 19.8 Å². The summed E-state index contributed by atoms with van der Waals surface area (Å²) in [4.78, 5) is 34.1. The predicted octanol–water partition coefficient (Wildman–Crippen LogP) is 5.44. The van der Waals surface area contributed by atoms with E-state index in [4.69, 9.17) is 0 Å². The Balaban J connectivity index is 1.43. The Morgan fingerprint density at radius 3 is 1.20 bits per heavy atom. The lowest BCUT2D eigenvalue weighted by Crippen LogP contribution is -2.28. The van der Waals surface area contributed by atoms with Gasteiger partial charge in [0.25, 0.3) is 0 Å². The monoisotopic (exact) mass is 468 g/mol. The largest absolute Gasteiger partial charge is 0.465 e. The van der Waals surface area contributed by atoms with Gasteiger partial charge in [0.15, 0.2) is 0 Å². The second-order valence-corrected chi connectivity index (χ2v) is 7.96. The van der Waals surface area contributed by atoms with Gasteiger partial charge in [0.05, 0.1) is 13.1 Å². The first-order chi connectivity index (χ1) is 17.0. The Morgan fingerprint density at radius 2 is 0.886 bits per heavy atom. The molecule has 0 aliphatic heterocycles.